The topological polar surface area (TPSA) is 70.0 Å². The third-order valence-electron chi connectivity index (χ3n) is 2.81. The molecule has 0 heterocycles. The minimum absolute atomic E-state index is 0.0452. The Morgan fingerprint density at radius 3 is 2.62 bits per heavy atom. The number of hydrogen-bond acceptors (Lipinski definition) is 3. The van der Waals surface area contributed by atoms with Gasteiger partial charge in [0, 0.05) is 0 Å². The van der Waals surface area contributed by atoms with Gasteiger partial charge in [-0.2, -0.15) is 5.26 Å². The lowest BCUT2D eigenvalue weighted by atomic mass is 10.2. The number of nitrogens with one attached hydrogen (secondary N) is 1. The van der Waals surface area contributed by atoms with Crippen molar-refractivity contribution in [3.8, 4) is 6.07 Å². The van der Waals surface area contributed by atoms with Crippen molar-refractivity contribution in [2.75, 3.05) is 4.72 Å². The van der Waals surface area contributed by atoms with Gasteiger partial charge in [-0.05, 0) is 52.7 Å². The molecule has 0 amide bonds. The molecule has 0 aliphatic rings. The highest BCUT2D eigenvalue weighted by molar-refractivity contribution is 9.10. The van der Waals surface area contributed by atoms with Crippen LogP contribution in [0.1, 0.15) is 11.1 Å². The van der Waals surface area contributed by atoms with Crippen LogP contribution in [-0.4, -0.2) is 8.42 Å². The largest absolute Gasteiger partial charge is 0.279 e. The molecule has 2 rings (SSSR count). The summed E-state index contributed by atoms with van der Waals surface area (Å²) in [5, 5.41) is 8.98. The molecule has 0 aromatic heterocycles. The molecular formula is C14H10BrFN2O2S. The van der Waals surface area contributed by atoms with E-state index >= 15 is 0 Å². The van der Waals surface area contributed by atoms with Crippen LogP contribution in [0.4, 0.5) is 10.1 Å². The van der Waals surface area contributed by atoms with Crippen molar-refractivity contribution in [2.45, 2.75) is 11.8 Å². The first-order valence-electron chi connectivity index (χ1n) is 5.83. The highest BCUT2D eigenvalue weighted by Gasteiger charge is 2.19. The van der Waals surface area contributed by atoms with Gasteiger partial charge in [-0.15, -0.1) is 0 Å². The Bertz CT molecular complexity index is 845. The maximum absolute atomic E-state index is 13.4. The van der Waals surface area contributed by atoms with Crippen molar-refractivity contribution in [2.24, 2.45) is 0 Å². The normalized spacial score (nSPS) is 11.0. The fourth-order valence-electron chi connectivity index (χ4n) is 1.75. The number of hydrogen-bond donors (Lipinski definition) is 1. The second-order valence-electron chi connectivity index (χ2n) is 4.29. The lowest BCUT2D eigenvalue weighted by Crippen LogP contribution is -2.15. The minimum atomic E-state index is -3.92. The molecule has 0 saturated heterocycles. The first-order valence-corrected chi connectivity index (χ1v) is 8.10. The quantitative estimate of drug-likeness (QED) is 0.899. The summed E-state index contributed by atoms with van der Waals surface area (Å²) in [4.78, 5) is -0.118. The van der Waals surface area contributed by atoms with Crippen molar-refractivity contribution >= 4 is 31.6 Å². The molecule has 21 heavy (non-hydrogen) atoms. The maximum atomic E-state index is 13.4. The number of nitrogens with zero attached hydrogens (tertiary/aromatic N) is 1. The molecule has 0 unspecified atom stereocenters. The van der Waals surface area contributed by atoms with Gasteiger partial charge in [0.1, 0.15) is 16.8 Å². The number of halogens is 2. The molecule has 0 fully saturated rings. The van der Waals surface area contributed by atoms with E-state index in [0.717, 1.165) is 0 Å². The Morgan fingerprint density at radius 1 is 1.29 bits per heavy atom. The summed E-state index contributed by atoms with van der Waals surface area (Å²) in [7, 11) is -3.92. The number of aryl methyl sites for hydroxylation is 1. The molecule has 0 bridgehead atoms. The van der Waals surface area contributed by atoms with E-state index < -0.39 is 15.8 Å². The number of anilines is 1. The predicted octanol–water partition coefficient (Wildman–Crippen LogP) is 3.57. The summed E-state index contributed by atoms with van der Waals surface area (Å²) >= 11 is 3.01. The zero-order chi connectivity index (χ0) is 15.6. The van der Waals surface area contributed by atoms with E-state index in [1.807, 2.05) is 6.07 Å². The first-order chi connectivity index (χ1) is 9.85. The van der Waals surface area contributed by atoms with Crippen LogP contribution in [0.3, 0.4) is 0 Å². The standard InChI is InChI=1S/C14H10BrFN2O2S/c1-9-6-12(16)11(15)7-13(9)18-21(19,20)14-5-3-2-4-10(14)8-17/h2-7,18H,1H3. The number of benzene rings is 2. The highest BCUT2D eigenvalue weighted by Crippen LogP contribution is 2.27. The summed E-state index contributed by atoms with van der Waals surface area (Å²) in [6.07, 6.45) is 0. The van der Waals surface area contributed by atoms with Crippen LogP contribution in [0.5, 0.6) is 0 Å². The van der Waals surface area contributed by atoms with Crippen LogP contribution in [0.25, 0.3) is 0 Å². The average Bonchev–Trinajstić information content (AvgIpc) is 2.44. The van der Waals surface area contributed by atoms with Crippen LogP contribution in [0.15, 0.2) is 45.8 Å². The van der Waals surface area contributed by atoms with Crippen LogP contribution in [0, 0.1) is 24.1 Å². The van der Waals surface area contributed by atoms with Gasteiger partial charge in [0.05, 0.1) is 15.7 Å². The second-order valence-corrected chi connectivity index (χ2v) is 6.80. The Balaban J connectivity index is 2.48. The van der Waals surface area contributed by atoms with Gasteiger partial charge in [-0.3, -0.25) is 4.72 Å². The molecule has 0 radical (unpaired) electrons. The van der Waals surface area contributed by atoms with E-state index in [2.05, 4.69) is 20.7 Å². The number of rotatable bonds is 3. The highest BCUT2D eigenvalue weighted by atomic mass is 79.9. The second kappa shape index (κ2) is 5.84. The average molecular weight is 369 g/mol. The summed E-state index contributed by atoms with van der Waals surface area (Å²) < 4.78 is 40.6. The van der Waals surface area contributed by atoms with Gasteiger partial charge < -0.3 is 0 Å². The van der Waals surface area contributed by atoms with Crippen LogP contribution < -0.4 is 4.72 Å². The zero-order valence-electron chi connectivity index (χ0n) is 10.9. The molecule has 4 nitrogen and oxygen atoms in total. The fourth-order valence-corrected chi connectivity index (χ4v) is 3.37. The van der Waals surface area contributed by atoms with E-state index in [9.17, 15) is 12.8 Å². The summed E-state index contributed by atoms with van der Waals surface area (Å²) in [5.41, 5.74) is 0.730. The molecular weight excluding hydrogens is 359 g/mol. The number of nitriles is 1. The predicted molar refractivity (Wildman–Crippen MR) is 80.8 cm³/mol. The molecule has 0 aliphatic heterocycles. The van der Waals surface area contributed by atoms with Crippen molar-refractivity contribution in [1.82, 2.24) is 0 Å². The van der Waals surface area contributed by atoms with Crippen molar-refractivity contribution < 1.29 is 12.8 Å². The Hall–Kier alpha value is -1.91. The number of sulfonamides is 1. The minimum Gasteiger partial charge on any atom is -0.279 e. The molecule has 0 spiro atoms. The Labute approximate surface area is 130 Å². The van der Waals surface area contributed by atoms with E-state index in [1.165, 1.54) is 30.3 Å². The van der Waals surface area contributed by atoms with Crippen molar-refractivity contribution in [3.05, 3.63) is 57.8 Å². The third-order valence-corrected chi connectivity index (χ3v) is 4.84. The Kier molecular flexibility index (Phi) is 4.30. The SMILES string of the molecule is Cc1cc(F)c(Br)cc1NS(=O)(=O)c1ccccc1C#N. The fraction of sp³-hybridized carbons (Fsp3) is 0.0714. The molecule has 1 N–H and O–H groups in total. The van der Waals surface area contributed by atoms with Gasteiger partial charge in [-0.1, -0.05) is 12.1 Å². The monoisotopic (exact) mass is 368 g/mol. The van der Waals surface area contributed by atoms with Crippen LogP contribution in [0.2, 0.25) is 0 Å². The summed E-state index contributed by atoms with van der Waals surface area (Å²) in [5.74, 6) is -0.479. The van der Waals surface area contributed by atoms with Crippen LogP contribution in [-0.2, 0) is 10.0 Å². The zero-order valence-corrected chi connectivity index (χ0v) is 13.3. The lowest BCUT2D eigenvalue weighted by Gasteiger charge is -2.12. The molecule has 2 aromatic carbocycles. The Morgan fingerprint density at radius 2 is 1.95 bits per heavy atom. The van der Waals surface area contributed by atoms with Crippen molar-refractivity contribution in [3.63, 3.8) is 0 Å². The van der Waals surface area contributed by atoms with E-state index in [4.69, 9.17) is 5.26 Å². The van der Waals surface area contributed by atoms with Crippen molar-refractivity contribution in [1.29, 1.82) is 5.26 Å². The van der Waals surface area contributed by atoms with Crippen LogP contribution >= 0.6 is 15.9 Å². The summed E-state index contributed by atoms with van der Waals surface area (Å²) in [6.45, 7) is 1.59. The van der Waals surface area contributed by atoms with E-state index in [-0.39, 0.29) is 20.6 Å². The van der Waals surface area contributed by atoms with Gasteiger partial charge in [0.25, 0.3) is 10.0 Å². The smallest absolute Gasteiger partial charge is 0.263 e. The maximum Gasteiger partial charge on any atom is 0.263 e. The van der Waals surface area contributed by atoms with E-state index in [0.29, 0.717) is 5.56 Å². The van der Waals surface area contributed by atoms with Gasteiger partial charge >= 0.3 is 0 Å². The molecule has 108 valence electrons. The molecule has 0 saturated carbocycles. The molecule has 0 aliphatic carbocycles. The first kappa shape index (κ1) is 15.5. The van der Waals surface area contributed by atoms with Gasteiger partial charge in [0.15, 0.2) is 0 Å². The van der Waals surface area contributed by atoms with E-state index in [1.54, 1.807) is 13.0 Å². The van der Waals surface area contributed by atoms with Gasteiger partial charge in [0.2, 0.25) is 0 Å². The molecule has 2 aromatic rings. The molecule has 7 heteroatoms. The lowest BCUT2D eigenvalue weighted by molar-refractivity contribution is 0.600. The third kappa shape index (κ3) is 3.23. The van der Waals surface area contributed by atoms with Gasteiger partial charge in [-0.25, -0.2) is 12.8 Å². The summed E-state index contributed by atoms with van der Waals surface area (Å²) in [6, 6.07) is 10.3. The molecule has 0 atom stereocenters.